The predicted molar refractivity (Wildman–Crippen MR) is 78.2 cm³/mol. The van der Waals surface area contributed by atoms with Crippen LogP contribution < -0.4 is 20.1 Å². The lowest BCUT2D eigenvalue weighted by Crippen LogP contribution is -2.09. The molecular weight excluding hydrogens is 272 g/mol. The highest BCUT2D eigenvalue weighted by molar-refractivity contribution is 5.60. The highest BCUT2D eigenvalue weighted by Crippen LogP contribution is 2.34. The molecule has 0 atom stereocenters. The molecular formula is C14H16N4O3. The zero-order chi connectivity index (χ0) is 14.5. The standard InChI is InChI=1S/C14H16N4O3/c1-19-7-6-15-13-4-5-16-14(18-13)17-10-2-3-11-12(8-10)21-9-20-11/h2-5,8H,6-7,9H2,1H3,(H2,15,16,17,18). The summed E-state index contributed by atoms with van der Waals surface area (Å²) in [6.07, 6.45) is 1.69. The van der Waals surface area contributed by atoms with Crippen LogP contribution in [0.1, 0.15) is 0 Å². The molecule has 0 radical (unpaired) electrons. The van der Waals surface area contributed by atoms with Crippen LogP contribution in [0.25, 0.3) is 0 Å². The van der Waals surface area contributed by atoms with Crippen molar-refractivity contribution in [2.45, 2.75) is 0 Å². The molecule has 1 aromatic heterocycles. The number of nitrogens with zero attached hydrogens (tertiary/aromatic N) is 2. The van der Waals surface area contributed by atoms with Crippen molar-refractivity contribution in [1.82, 2.24) is 9.97 Å². The fourth-order valence-electron chi connectivity index (χ4n) is 1.90. The van der Waals surface area contributed by atoms with Gasteiger partial charge in [-0.15, -0.1) is 0 Å². The van der Waals surface area contributed by atoms with Crippen LogP contribution in [0.4, 0.5) is 17.5 Å². The van der Waals surface area contributed by atoms with Gasteiger partial charge in [0, 0.05) is 31.6 Å². The Balaban J connectivity index is 1.68. The number of nitrogens with one attached hydrogen (secondary N) is 2. The number of fused-ring (bicyclic) bond motifs is 1. The van der Waals surface area contributed by atoms with Crippen molar-refractivity contribution in [3.63, 3.8) is 0 Å². The van der Waals surface area contributed by atoms with Gasteiger partial charge in [-0.25, -0.2) is 4.98 Å². The molecule has 2 aromatic rings. The molecule has 0 amide bonds. The molecule has 0 spiro atoms. The van der Waals surface area contributed by atoms with Gasteiger partial charge in [-0.1, -0.05) is 0 Å². The van der Waals surface area contributed by atoms with Crippen LogP contribution >= 0.6 is 0 Å². The maximum atomic E-state index is 5.34. The van der Waals surface area contributed by atoms with E-state index in [0.29, 0.717) is 19.1 Å². The summed E-state index contributed by atoms with van der Waals surface area (Å²) in [5, 5.41) is 6.29. The van der Waals surface area contributed by atoms with E-state index in [2.05, 4.69) is 20.6 Å². The summed E-state index contributed by atoms with van der Waals surface area (Å²) in [4.78, 5) is 8.56. The Morgan fingerprint density at radius 3 is 3.05 bits per heavy atom. The molecule has 1 aliphatic rings. The van der Waals surface area contributed by atoms with Crippen molar-refractivity contribution in [2.24, 2.45) is 0 Å². The number of anilines is 3. The van der Waals surface area contributed by atoms with Gasteiger partial charge in [-0.3, -0.25) is 0 Å². The van der Waals surface area contributed by atoms with E-state index in [9.17, 15) is 0 Å². The van der Waals surface area contributed by atoms with Crippen molar-refractivity contribution in [3.05, 3.63) is 30.5 Å². The molecule has 0 saturated heterocycles. The van der Waals surface area contributed by atoms with Gasteiger partial charge in [0.2, 0.25) is 12.7 Å². The van der Waals surface area contributed by atoms with Gasteiger partial charge >= 0.3 is 0 Å². The van der Waals surface area contributed by atoms with Gasteiger partial charge in [0.15, 0.2) is 11.5 Å². The van der Waals surface area contributed by atoms with Gasteiger partial charge in [-0.2, -0.15) is 4.98 Å². The van der Waals surface area contributed by atoms with Crippen molar-refractivity contribution in [2.75, 3.05) is 37.7 Å². The van der Waals surface area contributed by atoms with E-state index in [1.807, 2.05) is 18.2 Å². The van der Waals surface area contributed by atoms with Crippen LogP contribution in [0.15, 0.2) is 30.5 Å². The van der Waals surface area contributed by atoms with Crippen LogP contribution in [0.3, 0.4) is 0 Å². The zero-order valence-electron chi connectivity index (χ0n) is 11.6. The molecule has 1 aliphatic heterocycles. The smallest absolute Gasteiger partial charge is 0.231 e. The number of aromatic nitrogens is 2. The van der Waals surface area contributed by atoms with Crippen molar-refractivity contribution in [1.29, 1.82) is 0 Å². The Bertz CT molecular complexity index is 621. The molecule has 0 bridgehead atoms. The van der Waals surface area contributed by atoms with Crippen LogP contribution in [-0.2, 0) is 4.74 Å². The third-order valence-corrected chi connectivity index (χ3v) is 2.90. The fraction of sp³-hybridized carbons (Fsp3) is 0.286. The third kappa shape index (κ3) is 3.32. The molecule has 3 rings (SSSR count). The first kappa shape index (κ1) is 13.4. The number of hydrogen-bond donors (Lipinski definition) is 2. The molecule has 1 aromatic carbocycles. The lowest BCUT2D eigenvalue weighted by Gasteiger charge is -2.08. The molecule has 2 heterocycles. The van der Waals surface area contributed by atoms with E-state index in [4.69, 9.17) is 14.2 Å². The monoisotopic (exact) mass is 288 g/mol. The minimum atomic E-state index is 0.258. The lowest BCUT2D eigenvalue weighted by atomic mass is 10.3. The summed E-state index contributed by atoms with van der Waals surface area (Å²) < 4.78 is 15.6. The van der Waals surface area contributed by atoms with Crippen LogP contribution in [0.5, 0.6) is 11.5 Å². The first-order chi connectivity index (χ1) is 10.3. The molecule has 21 heavy (non-hydrogen) atoms. The first-order valence-corrected chi connectivity index (χ1v) is 6.58. The molecule has 0 fully saturated rings. The lowest BCUT2D eigenvalue weighted by molar-refractivity contribution is 0.174. The Morgan fingerprint density at radius 1 is 1.24 bits per heavy atom. The normalized spacial score (nSPS) is 12.2. The molecule has 0 unspecified atom stereocenters. The van der Waals surface area contributed by atoms with E-state index in [0.717, 1.165) is 23.0 Å². The third-order valence-electron chi connectivity index (χ3n) is 2.90. The molecule has 7 heteroatoms. The minimum absolute atomic E-state index is 0.258. The second-order valence-corrected chi connectivity index (χ2v) is 4.38. The van der Waals surface area contributed by atoms with Gasteiger partial charge in [0.05, 0.1) is 6.61 Å². The average Bonchev–Trinajstić information content (AvgIpc) is 2.95. The van der Waals surface area contributed by atoms with E-state index >= 15 is 0 Å². The maximum Gasteiger partial charge on any atom is 0.231 e. The number of hydrogen-bond acceptors (Lipinski definition) is 7. The van der Waals surface area contributed by atoms with Gasteiger partial charge < -0.3 is 24.8 Å². The number of methoxy groups -OCH3 is 1. The minimum Gasteiger partial charge on any atom is -0.454 e. The van der Waals surface area contributed by atoms with Gasteiger partial charge in [-0.05, 0) is 18.2 Å². The second-order valence-electron chi connectivity index (χ2n) is 4.38. The summed E-state index contributed by atoms with van der Waals surface area (Å²) in [6, 6.07) is 7.41. The summed E-state index contributed by atoms with van der Waals surface area (Å²) in [5.74, 6) is 2.72. The van der Waals surface area contributed by atoms with Crippen LogP contribution in [0.2, 0.25) is 0 Å². The molecule has 110 valence electrons. The second kappa shape index (κ2) is 6.27. The topological polar surface area (TPSA) is 77.5 Å². The average molecular weight is 288 g/mol. The highest BCUT2D eigenvalue weighted by Gasteiger charge is 2.13. The van der Waals surface area contributed by atoms with Gasteiger partial charge in [0.1, 0.15) is 5.82 Å². The van der Waals surface area contributed by atoms with Crippen LogP contribution in [-0.4, -0.2) is 37.0 Å². The highest BCUT2D eigenvalue weighted by atomic mass is 16.7. The van der Waals surface area contributed by atoms with E-state index in [1.54, 1.807) is 19.4 Å². The molecule has 0 saturated carbocycles. The van der Waals surface area contributed by atoms with Crippen molar-refractivity contribution < 1.29 is 14.2 Å². The van der Waals surface area contributed by atoms with E-state index < -0.39 is 0 Å². The summed E-state index contributed by atoms with van der Waals surface area (Å²) in [7, 11) is 1.66. The number of rotatable bonds is 6. The Labute approximate surface area is 122 Å². The summed E-state index contributed by atoms with van der Waals surface area (Å²) >= 11 is 0. The Kier molecular flexibility index (Phi) is 4.02. The Hall–Kier alpha value is -2.54. The summed E-state index contributed by atoms with van der Waals surface area (Å²) in [6.45, 7) is 1.57. The maximum absolute atomic E-state index is 5.34. The SMILES string of the molecule is COCCNc1ccnc(Nc2ccc3c(c2)OCO3)n1. The molecule has 7 nitrogen and oxygen atoms in total. The van der Waals surface area contributed by atoms with Crippen molar-refractivity contribution >= 4 is 17.5 Å². The predicted octanol–water partition coefficient (Wildman–Crippen LogP) is 2.01. The quantitative estimate of drug-likeness (QED) is 0.787. The Morgan fingerprint density at radius 2 is 2.14 bits per heavy atom. The zero-order valence-corrected chi connectivity index (χ0v) is 11.6. The van der Waals surface area contributed by atoms with Crippen molar-refractivity contribution in [3.8, 4) is 11.5 Å². The first-order valence-electron chi connectivity index (χ1n) is 6.58. The van der Waals surface area contributed by atoms with E-state index in [1.165, 1.54) is 0 Å². The molecule has 2 N–H and O–H groups in total. The van der Waals surface area contributed by atoms with Crippen LogP contribution in [0, 0.1) is 0 Å². The largest absolute Gasteiger partial charge is 0.454 e. The van der Waals surface area contributed by atoms with Gasteiger partial charge in [0.25, 0.3) is 0 Å². The summed E-state index contributed by atoms with van der Waals surface area (Å²) in [5.41, 5.74) is 0.841. The number of benzene rings is 1. The molecule has 0 aliphatic carbocycles. The fourth-order valence-corrected chi connectivity index (χ4v) is 1.90. The van der Waals surface area contributed by atoms with E-state index in [-0.39, 0.29) is 6.79 Å². The number of ether oxygens (including phenoxy) is 3.